The quantitative estimate of drug-likeness (QED) is 0.763. The van der Waals surface area contributed by atoms with Crippen molar-refractivity contribution >= 4 is 5.82 Å². The van der Waals surface area contributed by atoms with Gasteiger partial charge in [0.25, 0.3) is 0 Å². The molecular formula is C12H17N3O. The standard InChI is InChI=1S/C12H17N3O/c16-9-3-2-6-15(7-9)12-10-4-1-5-11(10)13-8-14-12/h8-9,16H,1-7H2/t9-/m0/s1. The lowest BCUT2D eigenvalue weighted by Crippen LogP contribution is -2.39. The summed E-state index contributed by atoms with van der Waals surface area (Å²) < 4.78 is 0. The third kappa shape index (κ3) is 1.67. The molecule has 0 aromatic carbocycles. The highest BCUT2D eigenvalue weighted by molar-refractivity contribution is 5.50. The van der Waals surface area contributed by atoms with Crippen molar-refractivity contribution in [3.8, 4) is 0 Å². The van der Waals surface area contributed by atoms with E-state index in [-0.39, 0.29) is 6.10 Å². The number of nitrogens with zero attached hydrogens (tertiary/aromatic N) is 3. The normalized spacial score (nSPS) is 24.6. The maximum absolute atomic E-state index is 9.70. The number of rotatable bonds is 1. The summed E-state index contributed by atoms with van der Waals surface area (Å²) in [6.07, 6.45) is 6.82. The third-order valence-electron chi connectivity index (χ3n) is 3.55. The molecule has 1 atom stereocenters. The Bertz CT molecular complexity index is 394. The summed E-state index contributed by atoms with van der Waals surface area (Å²) >= 11 is 0. The maximum Gasteiger partial charge on any atom is 0.135 e. The van der Waals surface area contributed by atoms with Crippen LogP contribution in [0.4, 0.5) is 5.82 Å². The monoisotopic (exact) mass is 219 g/mol. The minimum absolute atomic E-state index is 0.194. The van der Waals surface area contributed by atoms with Gasteiger partial charge in [-0.3, -0.25) is 0 Å². The topological polar surface area (TPSA) is 49.2 Å². The number of hydrogen-bond donors (Lipinski definition) is 1. The Labute approximate surface area is 95.3 Å². The van der Waals surface area contributed by atoms with Crippen molar-refractivity contribution in [1.29, 1.82) is 0 Å². The zero-order valence-electron chi connectivity index (χ0n) is 9.39. The second-order valence-corrected chi connectivity index (χ2v) is 4.72. The van der Waals surface area contributed by atoms with E-state index in [4.69, 9.17) is 0 Å². The molecule has 0 bridgehead atoms. The van der Waals surface area contributed by atoms with Gasteiger partial charge in [-0.1, -0.05) is 0 Å². The smallest absolute Gasteiger partial charge is 0.135 e. The fourth-order valence-corrected chi connectivity index (χ4v) is 2.76. The van der Waals surface area contributed by atoms with Gasteiger partial charge in [0, 0.05) is 24.3 Å². The van der Waals surface area contributed by atoms with Gasteiger partial charge in [0.2, 0.25) is 0 Å². The molecule has 2 aliphatic rings. The minimum atomic E-state index is -0.194. The molecule has 0 spiro atoms. The molecule has 3 rings (SSSR count). The molecule has 0 saturated carbocycles. The Kier molecular flexibility index (Phi) is 2.52. The Morgan fingerprint density at radius 2 is 2.19 bits per heavy atom. The molecule has 0 unspecified atom stereocenters. The van der Waals surface area contributed by atoms with Crippen molar-refractivity contribution in [2.24, 2.45) is 0 Å². The van der Waals surface area contributed by atoms with Gasteiger partial charge in [0.05, 0.1) is 6.10 Å². The third-order valence-corrected chi connectivity index (χ3v) is 3.55. The molecule has 2 heterocycles. The summed E-state index contributed by atoms with van der Waals surface area (Å²) in [6, 6.07) is 0. The second kappa shape index (κ2) is 4.01. The van der Waals surface area contributed by atoms with Gasteiger partial charge in [-0.2, -0.15) is 0 Å². The maximum atomic E-state index is 9.70. The fraction of sp³-hybridized carbons (Fsp3) is 0.667. The van der Waals surface area contributed by atoms with E-state index in [9.17, 15) is 5.11 Å². The van der Waals surface area contributed by atoms with Crippen LogP contribution >= 0.6 is 0 Å². The second-order valence-electron chi connectivity index (χ2n) is 4.72. The molecule has 1 N–H and O–H groups in total. The number of β-amino-alcohol motifs (C(OH)–C–C–N with tert-alkyl or cyclic N) is 1. The van der Waals surface area contributed by atoms with Gasteiger partial charge < -0.3 is 10.0 Å². The first-order chi connectivity index (χ1) is 7.84. The molecule has 1 aromatic rings. The highest BCUT2D eigenvalue weighted by Crippen LogP contribution is 2.29. The van der Waals surface area contributed by atoms with E-state index >= 15 is 0 Å². The van der Waals surface area contributed by atoms with Crippen LogP contribution in [-0.2, 0) is 12.8 Å². The van der Waals surface area contributed by atoms with E-state index < -0.39 is 0 Å². The van der Waals surface area contributed by atoms with Gasteiger partial charge in [-0.05, 0) is 32.1 Å². The molecule has 1 saturated heterocycles. The summed E-state index contributed by atoms with van der Waals surface area (Å²) in [4.78, 5) is 11.0. The van der Waals surface area contributed by atoms with Crippen molar-refractivity contribution in [3.05, 3.63) is 17.6 Å². The zero-order chi connectivity index (χ0) is 11.0. The van der Waals surface area contributed by atoms with E-state index in [1.165, 1.54) is 17.7 Å². The highest BCUT2D eigenvalue weighted by atomic mass is 16.3. The first kappa shape index (κ1) is 10.0. The van der Waals surface area contributed by atoms with E-state index in [1.54, 1.807) is 6.33 Å². The molecule has 1 aliphatic carbocycles. The highest BCUT2D eigenvalue weighted by Gasteiger charge is 2.24. The van der Waals surface area contributed by atoms with Crippen LogP contribution in [0.25, 0.3) is 0 Å². The Balaban J connectivity index is 1.91. The molecule has 4 heteroatoms. The average molecular weight is 219 g/mol. The fourth-order valence-electron chi connectivity index (χ4n) is 2.76. The van der Waals surface area contributed by atoms with E-state index in [1.807, 2.05) is 0 Å². The lowest BCUT2D eigenvalue weighted by Gasteiger charge is -2.32. The number of aliphatic hydroxyl groups excluding tert-OH is 1. The first-order valence-corrected chi connectivity index (χ1v) is 6.10. The van der Waals surface area contributed by atoms with Crippen LogP contribution in [0.5, 0.6) is 0 Å². The van der Waals surface area contributed by atoms with Crippen LogP contribution in [0, 0.1) is 0 Å². The number of aromatic nitrogens is 2. The largest absolute Gasteiger partial charge is 0.391 e. The van der Waals surface area contributed by atoms with Crippen LogP contribution in [-0.4, -0.2) is 34.3 Å². The molecule has 16 heavy (non-hydrogen) atoms. The summed E-state index contributed by atoms with van der Waals surface area (Å²) in [5.41, 5.74) is 2.53. The van der Waals surface area contributed by atoms with Crippen LogP contribution in [0.15, 0.2) is 6.33 Å². The summed E-state index contributed by atoms with van der Waals surface area (Å²) in [6.45, 7) is 1.74. The zero-order valence-corrected chi connectivity index (χ0v) is 9.39. The van der Waals surface area contributed by atoms with Gasteiger partial charge in [0.1, 0.15) is 12.1 Å². The lowest BCUT2D eigenvalue weighted by atomic mass is 10.1. The number of fused-ring (bicyclic) bond motifs is 1. The first-order valence-electron chi connectivity index (χ1n) is 6.10. The van der Waals surface area contributed by atoms with Crippen LogP contribution < -0.4 is 4.90 Å². The predicted molar refractivity (Wildman–Crippen MR) is 61.5 cm³/mol. The number of aryl methyl sites for hydroxylation is 1. The molecule has 1 aliphatic heterocycles. The number of piperidine rings is 1. The molecule has 0 amide bonds. The van der Waals surface area contributed by atoms with E-state index in [0.29, 0.717) is 0 Å². The summed E-state index contributed by atoms with van der Waals surface area (Å²) in [7, 11) is 0. The molecule has 1 fully saturated rings. The van der Waals surface area contributed by atoms with Crippen molar-refractivity contribution in [2.45, 2.75) is 38.2 Å². The van der Waals surface area contributed by atoms with Crippen molar-refractivity contribution in [3.63, 3.8) is 0 Å². The molecule has 4 nitrogen and oxygen atoms in total. The van der Waals surface area contributed by atoms with Gasteiger partial charge >= 0.3 is 0 Å². The lowest BCUT2D eigenvalue weighted by molar-refractivity contribution is 0.154. The van der Waals surface area contributed by atoms with Gasteiger partial charge in [0.15, 0.2) is 0 Å². The SMILES string of the molecule is O[C@H]1CCCN(c2ncnc3c2CCC3)C1. The van der Waals surface area contributed by atoms with Crippen LogP contribution in [0.2, 0.25) is 0 Å². The minimum Gasteiger partial charge on any atom is -0.391 e. The molecule has 86 valence electrons. The van der Waals surface area contributed by atoms with Crippen molar-refractivity contribution in [1.82, 2.24) is 9.97 Å². The molecule has 0 radical (unpaired) electrons. The van der Waals surface area contributed by atoms with Gasteiger partial charge in [-0.15, -0.1) is 0 Å². The van der Waals surface area contributed by atoms with Crippen LogP contribution in [0.1, 0.15) is 30.5 Å². The Hall–Kier alpha value is -1.16. The summed E-state index contributed by atoms with van der Waals surface area (Å²) in [5, 5.41) is 9.70. The average Bonchev–Trinajstić information content (AvgIpc) is 2.76. The van der Waals surface area contributed by atoms with E-state index in [0.717, 1.165) is 44.6 Å². The Morgan fingerprint density at radius 1 is 1.25 bits per heavy atom. The summed E-state index contributed by atoms with van der Waals surface area (Å²) in [5.74, 6) is 1.07. The van der Waals surface area contributed by atoms with Crippen molar-refractivity contribution in [2.75, 3.05) is 18.0 Å². The predicted octanol–water partition coefficient (Wildman–Crippen LogP) is 0.926. The Morgan fingerprint density at radius 3 is 3.06 bits per heavy atom. The number of hydrogen-bond acceptors (Lipinski definition) is 4. The van der Waals surface area contributed by atoms with Crippen molar-refractivity contribution < 1.29 is 5.11 Å². The van der Waals surface area contributed by atoms with E-state index in [2.05, 4.69) is 14.9 Å². The molecular weight excluding hydrogens is 202 g/mol. The van der Waals surface area contributed by atoms with Gasteiger partial charge in [-0.25, -0.2) is 9.97 Å². The number of anilines is 1. The molecule has 1 aromatic heterocycles. The van der Waals surface area contributed by atoms with Crippen LogP contribution in [0.3, 0.4) is 0 Å². The number of aliphatic hydroxyl groups is 1.